The van der Waals surface area contributed by atoms with Gasteiger partial charge in [-0.2, -0.15) is 0 Å². The van der Waals surface area contributed by atoms with Crippen molar-refractivity contribution in [1.82, 2.24) is 0 Å². The third kappa shape index (κ3) is 3.39. The molecule has 16 heavy (non-hydrogen) atoms. The molecule has 0 aromatic heterocycles. The molecule has 0 atom stereocenters. The van der Waals surface area contributed by atoms with Crippen molar-refractivity contribution in [3.8, 4) is 5.75 Å². The SMILES string of the molecule is OCCCc1cc(Cl)ccc1OCC1CC1. The van der Waals surface area contributed by atoms with Crippen molar-refractivity contribution in [2.24, 2.45) is 5.92 Å². The van der Waals surface area contributed by atoms with Gasteiger partial charge in [0.2, 0.25) is 0 Å². The summed E-state index contributed by atoms with van der Waals surface area (Å²) in [4.78, 5) is 0. The van der Waals surface area contributed by atoms with Gasteiger partial charge in [0, 0.05) is 11.6 Å². The smallest absolute Gasteiger partial charge is 0.122 e. The van der Waals surface area contributed by atoms with Gasteiger partial charge in [-0.15, -0.1) is 0 Å². The quantitative estimate of drug-likeness (QED) is 0.828. The molecule has 1 fully saturated rings. The van der Waals surface area contributed by atoms with Crippen LogP contribution in [0.25, 0.3) is 0 Å². The normalized spacial score (nSPS) is 15.1. The maximum Gasteiger partial charge on any atom is 0.122 e. The van der Waals surface area contributed by atoms with Crippen molar-refractivity contribution in [1.29, 1.82) is 0 Å². The predicted octanol–water partition coefficient (Wildman–Crippen LogP) is 3.05. The first kappa shape index (κ1) is 11.7. The van der Waals surface area contributed by atoms with E-state index in [1.165, 1.54) is 12.8 Å². The predicted molar refractivity (Wildman–Crippen MR) is 65.1 cm³/mol. The molecule has 0 spiro atoms. The minimum Gasteiger partial charge on any atom is -0.493 e. The highest BCUT2D eigenvalue weighted by molar-refractivity contribution is 6.30. The third-order valence-electron chi connectivity index (χ3n) is 2.80. The highest BCUT2D eigenvalue weighted by Gasteiger charge is 2.22. The Morgan fingerprint density at radius 3 is 2.88 bits per heavy atom. The third-order valence-corrected chi connectivity index (χ3v) is 3.03. The zero-order valence-corrected chi connectivity index (χ0v) is 10.0. The second kappa shape index (κ2) is 5.55. The summed E-state index contributed by atoms with van der Waals surface area (Å²) in [6.07, 6.45) is 4.15. The summed E-state index contributed by atoms with van der Waals surface area (Å²) in [5, 5.41) is 9.57. The van der Waals surface area contributed by atoms with E-state index in [9.17, 15) is 0 Å². The lowest BCUT2D eigenvalue weighted by Gasteiger charge is -2.11. The van der Waals surface area contributed by atoms with E-state index in [0.717, 1.165) is 41.7 Å². The zero-order valence-electron chi connectivity index (χ0n) is 9.29. The van der Waals surface area contributed by atoms with E-state index in [1.54, 1.807) is 0 Å². The summed E-state index contributed by atoms with van der Waals surface area (Å²) in [5.41, 5.74) is 1.10. The van der Waals surface area contributed by atoms with Crippen molar-refractivity contribution in [3.63, 3.8) is 0 Å². The Morgan fingerprint density at radius 1 is 1.38 bits per heavy atom. The van der Waals surface area contributed by atoms with Crippen LogP contribution in [0, 0.1) is 5.92 Å². The average molecular weight is 241 g/mol. The Hall–Kier alpha value is -0.730. The number of halogens is 1. The first-order valence-electron chi connectivity index (χ1n) is 5.81. The van der Waals surface area contributed by atoms with E-state index in [0.29, 0.717) is 0 Å². The van der Waals surface area contributed by atoms with Gasteiger partial charge in [0.1, 0.15) is 5.75 Å². The summed E-state index contributed by atoms with van der Waals surface area (Å²) < 4.78 is 5.77. The molecule has 0 amide bonds. The van der Waals surface area contributed by atoms with Crippen LogP contribution in [0.2, 0.25) is 5.02 Å². The van der Waals surface area contributed by atoms with Gasteiger partial charge in [-0.1, -0.05) is 11.6 Å². The summed E-state index contributed by atoms with van der Waals surface area (Å²) in [6, 6.07) is 5.71. The summed E-state index contributed by atoms with van der Waals surface area (Å²) >= 11 is 5.95. The lowest BCUT2D eigenvalue weighted by molar-refractivity contribution is 0.282. The van der Waals surface area contributed by atoms with Gasteiger partial charge in [-0.05, 0) is 55.4 Å². The van der Waals surface area contributed by atoms with E-state index in [4.69, 9.17) is 21.4 Å². The Labute approximate surface area is 101 Å². The Bertz CT molecular complexity index is 348. The van der Waals surface area contributed by atoms with E-state index < -0.39 is 0 Å². The fraction of sp³-hybridized carbons (Fsp3) is 0.538. The van der Waals surface area contributed by atoms with Crippen LogP contribution >= 0.6 is 11.6 Å². The van der Waals surface area contributed by atoms with Gasteiger partial charge in [0.15, 0.2) is 0 Å². The van der Waals surface area contributed by atoms with Gasteiger partial charge in [0.25, 0.3) is 0 Å². The highest BCUT2D eigenvalue weighted by Crippen LogP contribution is 2.31. The maximum atomic E-state index is 8.84. The van der Waals surface area contributed by atoms with Crippen LogP contribution in [0.15, 0.2) is 18.2 Å². The average Bonchev–Trinajstić information content (AvgIpc) is 3.09. The molecule has 0 unspecified atom stereocenters. The lowest BCUT2D eigenvalue weighted by atomic mass is 10.1. The van der Waals surface area contributed by atoms with Crippen molar-refractivity contribution >= 4 is 11.6 Å². The summed E-state index contributed by atoms with van der Waals surface area (Å²) in [5.74, 6) is 1.67. The van der Waals surface area contributed by atoms with Gasteiger partial charge < -0.3 is 9.84 Å². The molecule has 1 aromatic carbocycles. The number of aryl methyl sites for hydroxylation is 1. The van der Waals surface area contributed by atoms with E-state index >= 15 is 0 Å². The van der Waals surface area contributed by atoms with Crippen LogP contribution < -0.4 is 4.74 Å². The number of aliphatic hydroxyl groups excluding tert-OH is 1. The molecule has 0 heterocycles. The molecule has 1 N–H and O–H groups in total. The van der Waals surface area contributed by atoms with E-state index in [-0.39, 0.29) is 6.61 Å². The fourth-order valence-corrected chi connectivity index (χ4v) is 1.84. The second-order valence-corrected chi connectivity index (χ2v) is 4.77. The van der Waals surface area contributed by atoms with Crippen molar-refractivity contribution in [2.45, 2.75) is 25.7 Å². The summed E-state index contributed by atoms with van der Waals surface area (Å²) in [6.45, 7) is 1.02. The highest BCUT2D eigenvalue weighted by atomic mass is 35.5. The lowest BCUT2D eigenvalue weighted by Crippen LogP contribution is -2.02. The molecule has 3 heteroatoms. The molecule has 1 aliphatic rings. The Kier molecular flexibility index (Phi) is 4.08. The van der Waals surface area contributed by atoms with Gasteiger partial charge in [0.05, 0.1) is 6.61 Å². The van der Waals surface area contributed by atoms with Crippen LogP contribution in [0.5, 0.6) is 5.75 Å². The molecule has 1 aliphatic carbocycles. The fourth-order valence-electron chi connectivity index (χ4n) is 1.65. The van der Waals surface area contributed by atoms with Crippen molar-refractivity contribution in [3.05, 3.63) is 28.8 Å². The van der Waals surface area contributed by atoms with E-state index in [2.05, 4.69) is 0 Å². The van der Waals surface area contributed by atoms with Gasteiger partial charge in [-0.25, -0.2) is 0 Å². The van der Waals surface area contributed by atoms with Crippen LogP contribution in [0.3, 0.4) is 0 Å². The van der Waals surface area contributed by atoms with E-state index in [1.807, 2.05) is 18.2 Å². The monoisotopic (exact) mass is 240 g/mol. The molecule has 1 saturated carbocycles. The number of rotatable bonds is 6. The molecule has 2 nitrogen and oxygen atoms in total. The largest absolute Gasteiger partial charge is 0.493 e. The molecular weight excluding hydrogens is 224 g/mol. The minimum absolute atomic E-state index is 0.203. The number of ether oxygens (including phenoxy) is 1. The summed E-state index contributed by atoms with van der Waals surface area (Å²) in [7, 11) is 0. The molecule has 0 saturated heterocycles. The van der Waals surface area contributed by atoms with Crippen LogP contribution in [-0.4, -0.2) is 18.3 Å². The van der Waals surface area contributed by atoms with Crippen LogP contribution in [0.4, 0.5) is 0 Å². The maximum absolute atomic E-state index is 8.84. The number of benzene rings is 1. The van der Waals surface area contributed by atoms with Crippen LogP contribution in [0.1, 0.15) is 24.8 Å². The number of hydrogen-bond donors (Lipinski definition) is 1. The topological polar surface area (TPSA) is 29.5 Å². The van der Waals surface area contributed by atoms with Crippen molar-refractivity contribution in [2.75, 3.05) is 13.2 Å². The molecule has 0 radical (unpaired) electrons. The zero-order chi connectivity index (χ0) is 11.4. The molecule has 0 aliphatic heterocycles. The minimum atomic E-state index is 0.203. The van der Waals surface area contributed by atoms with Gasteiger partial charge >= 0.3 is 0 Å². The first-order chi connectivity index (χ1) is 7.79. The Morgan fingerprint density at radius 2 is 2.19 bits per heavy atom. The Balaban J connectivity index is 2.00. The second-order valence-electron chi connectivity index (χ2n) is 4.33. The van der Waals surface area contributed by atoms with Crippen molar-refractivity contribution < 1.29 is 9.84 Å². The molecular formula is C13H17ClO2. The number of hydrogen-bond acceptors (Lipinski definition) is 2. The molecule has 2 rings (SSSR count). The first-order valence-corrected chi connectivity index (χ1v) is 6.19. The van der Waals surface area contributed by atoms with Crippen LogP contribution in [-0.2, 0) is 6.42 Å². The molecule has 0 bridgehead atoms. The number of aliphatic hydroxyl groups is 1. The molecule has 1 aromatic rings. The van der Waals surface area contributed by atoms with Gasteiger partial charge in [-0.3, -0.25) is 0 Å². The molecule has 88 valence electrons. The standard InChI is InChI=1S/C13H17ClO2/c14-12-5-6-13(16-9-10-3-4-10)11(8-12)2-1-7-15/h5-6,8,10,15H,1-4,7,9H2.